The largest absolute Gasteiger partial charge is 0.375 e. The Kier molecular flexibility index (Phi) is 6.15. The van der Waals surface area contributed by atoms with Crippen molar-refractivity contribution in [3.8, 4) is 0 Å². The molecule has 1 aromatic carbocycles. The van der Waals surface area contributed by atoms with Gasteiger partial charge in [-0.25, -0.2) is 4.39 Å². The number of carbonyl (C=O) groups excluding carboxylic acids is 1. The van der Waals surface area contributed by atoms with Gasteiger partial charge in [-0.15, -0.1) is 0 Å². The second-order valence-electron chi connectivity index (χ2n) is 3.62. The standard InChI is InChI=1S/C12H15BrFNO2/c1-17-8-12(16)15-6-2-3-9-4-5-10(13)7-11(9)14/h4-5,7H,2-3,6,8H2,1H3,(H,15,16). The number of aryl methyl sites for hydroxylation is 1. The number of hydrogen-bond donors (Lipinski definition) is 1. The summed E-state index contributed by atoms with van der Waals surface area (Å²) in [5.74, 6) is -0.369. The van der Waals surface area contributed by atoms with E-state index in [4.69, 9.17) is 0 Å². The SMILES string of the molecule is COCC(=O)NCCCc1ccc(Br)cc1F. The minimum absolute atomic E-state index is 0.0621. The molecule has 1 aromatic rings. The Morgan fingerprint density at radius 3 is 2.94 bits per heavy atom. The Labute approximate surface area is 108 Å². The lowest BCUT2D eigenvalue weighted by atomic mass is 10.1. The normalized spacial score (nSPS) is 10.3. The number of hydrogen-bond acceptors (Lipinski definition) is 2. The van der Waals surface area contributed by atoms with Crippen molar-refractivity contribution in [2.45, 2.75) is 12.8 Å². The number of halogens is 2. The third-order valence-corrected chi connectivity index (χ3v) is 2.73. The molecule has 0 saturated carbocycles. The van der Waals surface area contributed by atoms with E-state index >= 15 is 0 Å². The molecule has 0 heterocycles. The number of carbonyl (C=O) groups is 1. The van der Waals surface area contributed by atoms with Gasteiger partial charge in [-0.2, -0.15) is 0 Å². The Hall–Kier alpha value is -0.940. The van der Waals surface area contributed by atoms with Crippen molar-refractivity contribution < 1.29 is 13.9 Å². The molecule has 1 N–H and O–H groups in total. The van der Waals surface area contributed by atoms with Crippen molar-refractivity contribution in [3.63, 3.8) is 0 Å². The number of methoxy groups -OCH3 is 1. The summed E-state index contributed by atoms with van der Waals surface area (Å²) >= 11 is 3.20. The van der Waals surface area contributed by atoms with Gasteiger partial charge in [-0.1, -0.05) is 22.0 Å². The molecule has 0 saturated heterocycles. The average molecular weight is 304 g/mol. The summed E-state index contributed by atoms with van der Waals surface area (Å²) < 4.78 is 18.8. The monoisotopic (exact) mass is 303 g/mol. The predicted octanol–water partition coefficient (Wildman–Crippen LogP) is 2.28. The average Bonchev–Trinajstić information content (AvgIpc) is 2.27. The fourth-order valence-corrected chi connectivity index (χ4v) is 1.75. The van der Waals surface area contributed by atoms with Crippen molar-refractivity contribution >= 4 is 21.8 Å². The third-order valence-electron chi connectivity index (χ3n) is 2.24. The first kappa shape index (κ1) is 14.1. The quantitative estimate of drug-likeness (QED) is 0.819. The van der Waals surface area contributed by atoms with Gasteiger partial charge in [0.2, 0.25) is 5.91 Å². The third kappa shape index (κ3) is 5.28. The number of benzene rings is 1. The van der Waals surface area contributed by atoms with Crippen LogP contribution in [0.25, 0.3) is 0 Å². The van der Waals surface area contributed by atoms with Gasteiger partial charge in [0.15, 0.2) is 0 Å². The first-order chi connectivity index (χ1) is 8.13. The molecule has 0 spiro atoms. The van der Waals surface area contributed by atoms with Crippen molar-refractivity contribution in [1.82, 2.24) is 5.32 Å². The molecule has 0 atom stereocenters. The molecule has 17 heavy (non-hydrogen) atoms. The molecule has 1 amide bonds. The minimum atomic E-state index is -0.220. The molecule has 94 valence electrons. The second kappa shape index (κ2) is 7.40. The molecule has 0 unspecified atom stereocenters. The van der Waals surface area contributed by atoms with Gasteiger partial charge in [0.1, 0.15) is 12.4 Å². The molecule has 0 fully saturated rings. The molecule has 0 aliphatic heterocycles. The lowest BCUT2D eigenvalue weighted by Gasteiger charge is -2.05. The van der Waals surface area contributed by atoms with Crippen molar-refractivity contribution in [1.29, 1.82) is 0 Å². The zero-order valence-corrected chi connectivity index (χ0v) is 11.2. The summed E-state index contributed by atoms with van der Waals surface area (Å²) in [5, 5.41) is 2.69. The molecule has 3 nitrogen and oxygen atoms in total. The molecular weight excluding hydrogens is 289 g/mol. The van der Waals surface area contributed by atoms with Gasteiger partial charge in [0.25, 0.3) is 0 Å². The van der Waals surface area contributed by atoms with E-state index in [0.717, 1.165) is 4.47 Å². The number of nitrogens with one attached hydrogen (secondary N) is 1. The van der Waals surface area contributed by atoms with E-state index < -0.39 is 0 Å². The fourth-order valence-electron chi connectivity index (χ4n) is 1.41. The summed E-state index contributed by atoms with van der Waals surface area (Å²) in [4.78, 5) is 11.0. The molecule has 0 radical (unpaired) electrons. The summed E-state index contributed by atoms with van der Waals surface area (Å²) in [5.41, 5.74) is 0.661. The van der Waals surface area contributed by atoms with E-state index in [0.29, 0.717) is 24.9 Å². The smallest absolute Gasteiger partial charge is 0.245 e. The summed E-state index contributed by atoms with van der Waals surface area (Å²) in [6.07, 6.45) is 1.31. The van der Waals surface area contributed by atoms with E-state index in [9.17, 15) is 9.18 Å². The van der Waals surface area contributed by atoms with Gasteiger partial charge in [-0.3, -0.25) is 4.79 Å². The second-order valence-corrected chi connectivity index (χ2v) is 4.54. The topological polar surface area (TPSA) is 38.3 Å². The van der Waals surface area contributed by atoms with Crippen molar-refractivity contribution in [2.24, 2.45) is 0 Å². The fraction of sp³-hybridized carbons (Fsp3) is 0.417. The van der Waals surface area contributed by atoms with Crippen LogP contribution < -0.4 is 5.32 Å². The Bertz CT molecular complexity index is 385. The zero-order chi connectivity index (χ0) is 12.7. The summed E-state index contributed by atoms with van der Waals surface area (Å²) in [6, 6.07) is 5.00. The molecule has 0 aromatic heterocycles. The van der Waals surface area contributed by atoms with E-state index in [1.165, 1.54) is 13.2 Å². The zero-order valence-electron chi connectivity index (χ0n) is 9.63. The highest BCUT2D eigenvalue weighted by atomic mass is 79.9. The van der Waals surface area contributed by atoms with Crippen molar-refractivity contribution in [2.75, 3.05) is 20.3 Å². The van der Waals surface area contributed by atoms with Crippen LogP contribution in [-0.2, 0) is 16.0 Å². The molecule has 1 rings (SSSR count). The lowest BCUT2D eigenvalue weighted by Crippen LogP contribution is -2.28. The molecule has 0 aliphatic carbocycles. The highest BCUT2D eigenvalue weighted by Crippen LogP contribution is 2.16. The van der Waals surface area contributed by atoms with Gasteiger partial charge in [0, 0.05) is 18.1 Å². The van der Waals surface area contributed by atoms with Crippen LogP contribution in [0.2, 0.25) is 0 Å². The molecule has 0 bridgehead atoms. The maximum absolute atomic E-state index is 13.4. The van der Waals surface area contributed by atoms with Crippen LogP contribution in [0, 0.1) is 5.82 Å². The summed E-state index contributed by atoms with van der Waals surface area (Å²) in [7, 11) is 1.47. The van der Waals surface area contributed by atoms with Gasteiger partial charge < -0.3 is 10.1 Å². The van der Waals surface area contributed by atoms with Crippen LogP contribution in [0.1, 0.15) is 12.0 Å². The maximum atomic E-state index is 13.4. The van der Waals surface area contributed by atoms with E-state index in [1.807, 2.05) is 6.07 Å². The van der Waals surface area contributed by atoms with Crippen molar-refractivity contribution in [3.05, 3.63) is 34.1 Å². The van der Waals surface area contributed by atoms with Crippen LogP contribution >= 0.6 is 15.9 Å². The lowest BCUT2D eigenvalue weighted by molar-refractivity contribution is -0.124. The van der Waals surface area contributed by atoms with Gasteiger partial charge >= 0.3 is 0 Å². The van der Waals surface area contributed by atoms with Crippen LogP contribution in [-0.4, -0.2) is 26.2 Å². The van der Waals surface area contributed by atoms with Crippen LogP contribution in [0.3, 0.4) is 0 Å². The van der Waals surface area contributed by atoms with Gasteiger partial charge in [-0.05, 0) is 30.5 Å². The Balaban J connectivity index is 2.29. The minimum Gasteiger partial charge on any atom is -0.375 e. The first-order valence-corrected chi connectivity index (χ1v) is 6.12. The van der Waals surface area contributed by atoms with Crippen LogP contribution in [0.5, 0.6) is 0 Å². The van der Waals surface area contributed by atoms with E-state index in [-0.39, 0.29) is 18.3 Å². The van der Waals surface area contributed by atoms with E-state index in [1.54, 1.807) is 6.07 Å². The molecule has 5 heteroatoms. The molecular formula is C12H15BrFNO2. The highest BCUT2D eigenvalue weighted by molar-refractivity contribution is 9.10. The maximum Gasteiger partial charge on any atom is 0.245 e. The Morgan fingerprint density at radius 2 is 2.29 bits per heavy atom. The number of amides is 1. The van der Waals surface area contributed by atoms with Crippen LogP contribution in [0.4, 0.5) is 4.39 Å². The van der Waals surface area contributed by atoms with E-state index in [2.05, 4.69) is 26.0 Å². The Morgan fingerprint density at radius 1 is 1.53 bits per heavy atom. The van der Waals surface area contributed by atoms with Gasteiger partial charge in [0.05, 0.1) is 0 Å². The van der Waals surface area contributed by atoms with Crippen LogP contribution in [0.15, 0.2) is 22.7 Å². The molecule has 0 aliphatic rings. The number of ether oxygens (including phenoxy) is 1. The predicted molar refractivity (Wildman–Crippen MR) is 67.3 cm³/mol. The highest BCUT2D eigenvalue weighted by Gasteiger charge is 2.03. The summed E-state index contributed by atoms with van der Waals surface area (Å²) in [6.45, 7) is 0.588. The number of rotatable bonds is 6. The first-order valence-electron chi connectivity index (χ1n) is 5.33.